The molecule has 1 unspecified atom stereocenters. The third kappa shape index (κ3) is 9.20. The molecule has 2 heterocycles. The van der Waals surface area contributed by atoms with Crippen molar-refractivity contribution in [2.24, 2.45) is 34.0 Å². The van der Waals surface area contributed by atoms with Crippen LogP contribution in [-0.2, 0) is 22.4 Å². The smallest absolute Gasteiger partial charge is 0.239 e. The zero-order valence-corrected chi connectivity index (χ0v) is 28.9. The molecule has 0 radical (unpaired) electrons. The van der Waals surface area contributed by atoms with E-state index in [0.29, 0.717) is 51.7 Å². The van der Waals surface area contributed by atoms with Gasteiger partial charge in [-0.15, -0.1) is 0 Å². The monoisotopic (exact) mass is 684 g/mol. The van der Waals surface area contributed by atoms with Crippen molar-refractivity contribution in [3.8, 4) is 0 Å². The number of nitrogens with zero attached hydrogens (tertiary/aromatic N) is 3. The minimum absolute atomic E-state index is 0.0117. The van der Waals surface area contributed by atoms with E-state index in [1.807, 2.05) is 53.4 Å². The number of H-pyrrole nitrogens is 1. The number of carbonyl (C=O) groups is 2. The average Bonchev–Trinajstić information content (AvgIpc) is 3.62. The van der Waals surface area contributed by atoms with Crippen molar-refractivity contribution in [2.75, 3.05) is 19.6 Å². The number of rotatable bonds is 15. The molecule has 264 valence electrons. The lowest BCUT2D eigenvalue weighted by molar-refractivity contribution is -0.133. The van der Waals surface area contributed by atoms with E-state index >= 15 is 0 Å². The number of aromatic nitrogens is 2. The van der Waals surface area contributed by atoms with Gasteiger partial charge in [0.05, 0.1) is 12.4 Å². The predicted molar refractivity (Wildman–Crippen MR) is 203 cm³/mol. The molecular formula is C41H48N8O2. The van der Waals surface area contributed by atoms with Gasteiger partial charge in [0.1, 0.15) is 0 Å². The third-order valence-corrected chi connectivity index (χ3v) is 10.2. The molecule has 8 N–H and O–H groups in total. The van der Waals surface area contributed by atoms with Gasteiger partial charge >= 0.3 is 0 Å². The number of benzene rings is 4. The fraction of sp³-hybridized carbons (Fsp3) is 0.317. The first-order chi connectivity index (χ1) is 24.9. The first-order valence-corrected chi connectivity index (χ1v) is 17.8. The Morgan fingerprint density at radius 2 is 1.57 bits per heavy atom. The van der Waals surface area contributed by atoms with Crippen LogP contribution in [0.25, 0.3) is 10.8 Å². The highest BCUT2D eigenvalue weighted by atomic mass is 16.2. The van der Waals surface area contributed by atoms with Gasteiger partial charge in [-0.3, -0.25) is 14.6 Å². The molecular weight excluding hydrogens is 637 g/mol. The van der Waals surface area contributed by atoms with Gasteiger partial charge in [-0.2, -0.15) is 0 Å². The van der Waals surface area contributed by atoms with Crippen LogP contribution < -0.4 is 22.5 Å². The Morgan fingerprint density at radius 3 is 2.22 bits per heavy atom. The quantitative estimate of drug-likeness (QED) is 0.0618. The lowest BCUT2D eigenvalue weighted by atomic mass is 9.77. The SMILES string of the molecule is NC(=O)C(Cc1cnc[nH]1)[C@H](Cc1ccc2ccccc2c1)[C@H]1CCN(CC(c2ccccc2)c2ccccc2)C(=O)[C@H](CCCN=C(N)N)N1. The Kier molecular flexibility index (Phi) is 11.8. The largest absolute Gasteiger partial charge is 0.370 e. The van der Waals surface area contributed by atoms with E-state index in [4.69, 9.17) is 17.2 Å². The van der Waals surface area contributed by atoms with E-state index < -0.39 is 12.0 Å². The van der Waals surface area contributed by atoms with Crippen molar-refractivity contribution < 1.29 is 9.59 Å². The van der Waals surface area contributed by atoms with Crippen LogP contribution in [-0.4, -0.2) is 64.4 Å². The lowest BCUT2D eigenvalue weighted by Gasteiger charge is -2.34. The molecule has 0 spiro atoms. The molecule has 10 nitrogen and oxygen atoms in total. The highest BCUT2D eigenvalue weighted by Gasteiger charge is 2.39. The van der Waals surface area contributed by atoms with Gasteiger partial charge in [0, 0.05) is 55.8 Å². The number of nitrogens with one attached hydrogen (secondary N) is 2. The highest BCUT2D eigenvalue weighted by Crippen LogP contribution is 2.32. The molecule has 51 heavy (non-hydrogen) atoms. The zero-order valence-electron chi connectivity index (χ0n) is 28.9. The van der Waals surface area contributed by atoms with Crippen LogP contribution in [0.4, 0.5) is 0 Å². The van der Waals surface area contributed by atoms with Crippen molar-refractivity contribution in [1.82, 2.24) is 20.2 Å². The Balaban J connectivity index is 1.35. The number of hydrogen-bond acceptors (Lipinski definition) is 5. The van der Waals surface area contributed by atoms with Crippen LogP contribution in [0.15, 0.2) is 121 Å². The van der Waals surface area contributed by atoms with Gasteiger partial charge in [0.2, 0.25) is 11.8 Å². The summed E-state index contributed by atoms with van der Waals surface area (Å²) in [6.07, 6.45) is 6.19. The molecule has 4 atom stereocenters. The van der Waals surface area contributed by atoms with Gasteiger partial charge in [-0.05, 0) is 59.1 Å². The number of aliphatic imine (C=N–C) groups is 1. The molecule has 0 saturated carbocycles. The summed E-state index contributed by atoms with van der Waals surface area (Å²) in [7, 11) is 0. The fourth-order valence-corrected chi connectivity index (χ4v) is 7.56. The Morgan fingerprint density at radius 1 is 0.882 bits per heavy atom. The van der Waals surface area contributed by atoms with Crippen LogP contribution in [0, 0.1) is 11.8 Å². The number of fused-ring (bicyclic) bond motifs is 1. The molecule has 0 bridgehead atoms. The summed E-state index contributed by atoms with van der Waals surface area (Å²) < 4.78 is 0. The number of primary amides is 1. The van der Waals surface area contributed by atoms with Crippen molar-refractivity contribution in [3.63, 3.8) is 0 Å². The number of amides is 2. The Hall–Kier alpha value is -5.48. The number of guanidine groups is 1. The maximum Gasteiger partial charge on any atom is 0.239 e. The molecule has 1 aliphatic rings. The topological polar surface area (TPSA) is 169 Å². The summed E-state index contributed by atoms with van der Waals surface area (Å²) in [5, 5.41) is 6.07. The molecule has 6 rings (SSSR count). The number of aromatic amines is 1. The maximum absolute atomic E-state index is 14.6. The average molecular weight is 685 g/mol. The van der Waals surface area contributed by atoms with Crippen LogP contribution in [0.1, 0.15) is 47.6 Å². The second-order valence-electron chi connectivity index (χ2n) is 13.6. The van der Waals surface area contributed by atoms with E-state index in [0.717, 1.165) is 33.2 Å². The summed E-state index contributed by atoms with van der Waals surface area (Å²) in [5.41, 5.74) is 21.7. The first-order valence-electron chi connectivity index (χ1n) is 17.8. The molecule has 2 amide bonds. The van der Waals surface area contributed by atoms with Crippen molar-refractivity contribution in [2.45, 2.75) is 50.1 Å². The predicted octanol–water partition coefficient (Wildman–Crippen LogP) is 4.51. The van der Waals surface area contributed by atoms with Gasteiger partial charge in [-0.1, -0.05) is 103 Å². The van der Waals surface area contributed by atoms with Gasteiger partial charge in [0.15, 0.2) is 5.96 Å². The fourth-order valence-electron chi connectivity index (χ4n) is 7.56. The van der Waals surface area contributed by atoms with E-state index in [-0.39, 0.29) is 35.7 Å². The summed E-state index contributed by atoms with van der Waals surface area (Å²) in [5.74, 6) is -1.04. The van der Waals surface area contributed by atoms with Crippen LogP contribution in [0.3, 0.4) is 0 Å². The Labute approximate surface area is 299 Å². The number of imidazole rings is 1. The van der Waals surface area contributed by atoms with Gasteiger partial charge in [-0.25, -0.2) is 4.98 Å². The molecule has 1 saturated heterocycles. The first kappa shape index (κ1) is 35.3. The number of hydrogen-bond donors (Lipinski definition) is 5. The second-order valence-corrected chi connectivity index (χ2v) is 13.6. The molecule has 0 aliphatic carbocycles. The van der Waals surface area contributed by atoms with E-state index in [1.165, 1.54) is 0 Å². The van der Waals surface area contributed by atoms with Crippen LogP contribution >= 0.6 is 0 Å². The highest BCUT2D eigenvalue weighted by molar-refractivity contribution is 5.84. The summed E-state index contributed by atoms with van der Waals surface area (Å²) in [6.45, 7) is 1.47. The molecule has 1 aliphatic heterocycles. The second kappa shape index (κ2) is 17.0. The molecule has 4 aromatic carbocycles. The van der Waals surface area contributed by atoms with Crippen LogP contribution in [0.5, 0.6) is 0 Å². The molecule has 5 aromatic rings. The normalized spacial score (nSPS) is 17.6. The van der Waals surface area contributed by atoms with Crippen molar-refractivity contribution in [1.29, 1.82) is 0 Å². The van der Waals surface area contributed by atoms with E-state index in [2.05, 4.69) is 74.9 Å². The summed E-state index contributed by atoms with van der Waals surface area (Å²) in [4.78, 5) is 41.5. The van der Waals surface area contributed by atoms with Gasteiger partial charge < -0.3 is 32.4 Å². The minimum atomic E-state index is -0.514. The van der Waals surface area contributed by atoms with E-state index in [9.17, 15) is 9.59 Å². The molecule has 10 heteroatoms. The minimum Gasteiger partial charge on any atom is -0.370 e. The maximum atomic E-state index is 14.6. The summed E-state index contributed by atoms with van der Waals surface area (Å²) in [6, 6.07) is 34.7. The molecule has 1 aromatic heterocycles. The van der Waals surface area contributed by atoms with E-state index in [1.54, 1.807) is 12.5 Å². The van der Waals surface area contributed by atoms with Crippen molar-refractivity contribution >= 4 is 28.5 Å². The van der Waals surface area contributed by atoms with Crippen LogP contribution in [0.2, 0.25) is 0 Å². The lowest BCUT2D eigenvalue weighted by Crippen LogP contribution is -2.51. The van der Waals surface area contributed by atoms with Gasteiger partial charge in [0.25, 0.3) is 0 Å². The standard InChI is InChI=1S/C41H48N8O2/c42-39(50)35(24-33-25-45-27-47-33)34(23-28-17-18-29-10-7-8-15-32(29)22-28)37-19-21-49(40(51)38(48-37)16-9-20-46-41(43)44)26-36(30-11-3-1-4-12-30)31-13-5-2-6-14-31/h1-8,10-15,17-18,22,25,27,34-38,48H,9,16,19-21,23-24,26H2,(H2,42,50)(H,45,47)(H4,43,44,46)/t34-,35?,37+,38-/m0/s1. The third-order valence-electron chi connectivity index (χ3n) is 10.2. The number of carbonyl (C=O) groups excluding carboxylic acids is 2. The number of nitrogens with two attached hydrogens (primary N) is 3. The molecule has 1 fully saturated rings. The zero-order chi connectivity index (χ0) is 35.6. The Bertz CT molecular complexity index is 1850. The summed E-state index contributed by atoms with van der Waals surface area (Å²) >= 11 is 0. The van der Waals surface area contributed by atoms with Crippen molar-refractivity contribution in [3.05, 3.63) is 138 Å².